The lowest BCUT2D eigenvalue weighted by atomic mass is 9.94. The highest BCUT2D eigenvalue weighted by atomic mass is 16.1. The molecular weight excluding hydrogens is 288 g/mol. The van der Waals surface area contributed by atoms with Crippen molar-refractivity contribution in [3.63, 3.8) is 0 Å². The minimum Gasteiger partial charge on any atom is -0.368 e. The average molecular weight is 309 g/mol. The Morgan fingerprint density at radius 1 is 1.35 bits per heavy atom. The number of benzene rings is 1. The number of nitrogens with zero attached hydrogens (tertiary/aromatic N) is 2. The smallest absolute Gasteiger partial charge is 0.241 e. The highest BCUT2D eigenvalue weighted by molar-refractivity contribution is 5.84. The van der Waals surface area contributed by atoms with E-state index in [0.717, 1.165) is 31.6 Å². The van der Waals surface area contributed by atoms with E-state index in [-0.39, 0.29) is 18.0 Å². The van der Waals surface area contributed by atoms with Gasteiger partial charge in [0.25, 0.3) is 0 Å². The molecule has 5 nitrogen and oxygen atoms in total. The number of anilines is 1. The first-order valence-corrected chi connectivity index (χ1v) is 7.90. The molecule has 1 amide bonds. The van der Waals surface area contributed by atoms with Crippen molar-refractivity contribution in [2.45, 2.75) is 31.5 Å². The number of amides is 1. The molecule has 1 aliphatic rings. The van der Waals surface area contributed by atoms with E-state index >= 15 is 0 Å². The third-order valence-electron chi connectivity index (χ3n) is 4.25. The fourth-order valence-corrected chi connectivity index (χ4v) is 3.16. The monoisotopic (exact) mass is 309 g/mol. The summed E-state index contributed by atoms with van der Waals surface area (Å²) in [5, 5.41) is 3.50. The number of nitrogens with one attached hydrogen (secondary N) is 1. The van der Waals surface area contributed by atoms with Crippen molar-refractivity contribution in [2.75, 3.05) is 11.4 Å². The van der Waals surface area contributed by atoms with Crippen molar-refractivity contribution >= 4 is 11.6 Å². The molecule has 3 N–H and O–H groups in total. The zero-order chi connectivity index (χ0) is 16.1. The maximum Gasteiger partial charge on any atom is 0.241 e. The minimum absolute atomic E-state index is 0.0306. The third kappa shape index (κ3) is 3.68. The molecule has 1 fully saturated rings. The highest BCUT2D eigenvalue weighted by Gasteiger charge is 2.35. The van der Waals surface area contributed by atoms with Gasteiger partial charge < -0.3 is 16.0 Å². The normalized spacial score (nSPS) is 21.1. The molecule has 1 aromatic heterocycles. The Bertz CT molecular complexity index is 632. The predicted octanol–water partition coefficient (Wildman–Crippen LogP) is 1.49. The van der Waals surface area contributed by atoms with Crippen LogP contribution < -0.4 is 16.0 Å². The minimum atomic E-state index is -0.369. The molecular formula is C18H21N4O. The Balaban J connectivity index is 1.75. The van der Waals surface area contributed by atoms with E-state index in [2.05, 4.69) is 28.5 Å². The molecule has 2 heterocycles. The second-order valence-electron chi connectivity index (χ2n) is 5.78. The molecule has 0 spiro atoms. The molecule has 2 unspecified atom stereocenters. The molecule has 1 aliphatic heterocycles. The predicted molar refractivity (Wildman–Crippen MR) is 89.7 cm³/mol. The van der Waals surface area contributed by atoms with Gasteiger partial charge in [0.1, 0.15) is 6.04 Å². The van der Waals surface area contributed by atoms with Crippen LogP contribution in [0.5, 0.6) is 0 Å². The largest absolute Gasteiger partial charge is 0.368 e. The number of hydrogen-bond acceptors (Lipinski definition) is 4. The van der Waals surface area contributed by atoms with Gasteiger partial charge in [-0.2, -0.15) is 0 Å². The topological polar surface area (TPSA) is 71.2 Å². The lowest BCUT2D eigenvalue weighted by Gasteiger charge is -2.41. The van der Waals surface area contributed by atoms with Gasteiger partial charge in [-0.1, -0.05) is 30.3 Å². The van der Waals surface area contributed by atoms with E-state index in [0.29, 0.717) is 0 Å². The van der Waals surface area contributed by atoms with Gasteiger partial charge in [0.2, 0.25) is 5.91 Å². The molecule has 1 saturated heterocycles. The van der Waals surface area contributed by atoms with E-state index in [1.54, 1.807) is 12.4 Å². The summed E-state index contributed by atoms with van der Waals surface area (Å²) in [6.07, 6.45) is 5.27. The molecule has 1 aromatic carbocycles. The van der Waals surface area contributed by atoms with Gasteiger partial charge in [0.05, 0.1) is 0 Å². The maximum absolute atomic E-state index is 12.1. The lowest BCUT2D eigenvalue weighted by molar-refractivity contribution is -0.120. The summed E-state index contributed by atoms with van der Waals surface area (Å²) < 4.78 is 0. The van der Waals surface area contributed by atoms with Crippen molar-refractivity contribution < 1.29 is 4.79 Å². The summed E-state index contributed by atoms with van der Waals surface area (Å²) in [7, 11) is 0. The quantitative estimate of drug-likeness (QED) is 0.878. The molecule has 1 radical (unpaired) electrons. The third-order valence-corrected chi connectivity index (χ3v) is 4.25. The van der Waals surface area contributed by atoms with E-state index in [1.165, 1.54) is 5.56 Å². The van der Waals surface area contributed by atoms with Crippen LogP contribution in [0.4, 0.5) is 5.69 Å². The summed E-state index contributed by atoms with van der Waals surface area (Å²) in [5.74, 6) is -0.305. The van der Waals surface area contributed by atoms with E-state index in [9.17, 15) is 4.79 Å². The van der Waals surface area contributed by atoms with Crippen LogP contribution >= 0.6 is 0 Å². The van der Waals surface area contributed by atoms with E-state index in [1.807, 2.05) is 29.2 Å². The fourth-order valence-electron chi connectivity index (χ4n) is 3.16. The molecule has 0 saturated carbocycles. The Hall–Kier alpha value is -2.40. The Kier molecular flexibility index (Phi) is 4.88. The standard InChI is InChI=1S/C18H21N4O/c19-18(23)17-16(21-13-14-5-2-1-3-6-14)7-4-12-22(17)15-8-10-20-11-9-15/h1-3,5-6,8,10-11,16-17,21H,4,7,12-13H2,(H2,19,23). The summed E-state index contributed by atoms with van der Waals surface area (Å²) in [6.45, 7) is 1.53. The second kappa shape index (κ2) is 7.24. The SMILES string of the molecule is NC(=O)C1C(NCc2ccccc2)CCCN1c1[c]cncc1. The first-order valence-electron chi connectivity index (χ1n) is 7.90. The number of carbonyl (C=O) groups excluding carboxylic acids is 1. The van der Waals surface area contributed by atoms with Gasteiger partial charge in [-0.05, 0) is 24.5 Å². The molecule has 23 heavy (non-hydrogen) atoms. The zero-order valence-corrected chi connectivity index (χ0v) is 13.0. The van der Waals surface area contributed by atoms with Crippen LogP contribution in [0.1, 0.15) is 18.4 Å². The highest BCUT2D eigenvalue weighted by Crippen LogP contribution is 2.24. The number of nitrogens with two attached hydrogens (primary N) is 1. The maximum atomic E-state index is 12.1. The van der Waals surface area contributed by atoms with E-state index < -0.39 is 0 Å². The van der Waals surface area contributed by atoms with Crippen LogP contribution in [-0.2, 0) is 11.3 Å². The fraction of sp³-hybridized carbons (Fsp3) is 0.333. The molecule has 119 valence electrons. The van der Waals surface area contributed by atoms with Gasteiger partial charge in [0.15, 0.2) is 0 Å². The van der Waals surface area contributed by atoms with E-state index in [4.69, 9.17) is 5.73 Å². The Morgan fingerprint density at radius 2 is 2.17 bits per heavy atom. The molecule has 2 atom stereocenters. The summed E-state index contributed by atoms with van der Waals surface area (Å²) >= 11 is 0. The summed E-state index contributed by atoms with van der Waals surface area (Å²) in [5.41, 5.74) is 7.77. The molecule has 0 aliphatic carbocycles. The second-order valence-corrected chi connectivity index (χ2v) is 5.78. The number of piperidine rings is 1. The summed E-state index contributed by atoms with van der Waals surface area (Å²) in [6, 6.07) is 14.8. The summed E-state index contributed by atoms with van der Waals surface area (Å²) in [4.78, 5) is 18.1. The van der Waals surface area contributed by atoms with Crippen molar-refractivity contribution in [1.29, 1.82) is 0 Å². The number of aromatic nitrogens is 1. The van der Waals surface area contributed by atoms with Gasteiger partial charge in [-0.15, -0.1) is 0 Å². The average Bonchev–Trinajstić information content (AvgIpc) is 2.61. The number of hydrogen-bond donors (Lipinski definition) is 2. The molecule has 5 heteroatoms. The van der Waals surface area contributed by atoms with Crippen molar-refractivity contribution in [2.24, 2.45) is 5.73 Å². The zero-order valence-electron chi connectivity index (χ0n) is 13.0. The molecule has 0 bridgehead atoms. The number of carbonyl (C=O) groups is 1. The number of rotatable bonds is 5. The van der Waals surface area contributed by atoms with Gasteiger partial charge in [-0.25, -0.2) is 0 Å². The van der Waals surface area contributed by atoms with Crippen molar-refractivity contribution in [3.8, 4) is 0 Å². The first-order chi connectivity index (χ1) is 11.3. The van der Waals surface area contributed by atoms with Crippen molar-refractivity contribution in [3.05, 3.63) is 60.4 Å². The van der Waals surface area contributed by atoms with Crippen LogP contribution in [0.2, 0.25) is 0 Å². The van der Waals surface area contributed by atoms with Gasteiger partial charge in [0, 0.05) is 43.3 Å². The molecule has 2 aromatic rings. The van der Waals surface area contributed by atoms with Crippen LogP contribution in [0, 0.1) is 6.07 Å². The lowest BCUT2D eigenvalue weighted by Crippen LogP contribution is -2.59. The van der Waals surface area contributed by atoms with Crippen LogP contribution in [0.25, 0.3) is 0 Å². The first kappa shape index (κ1) is 15.5. The van der Waals surface area contributed by atoms with Gasteiger partial charge >= 0.3 is 0 Å². The molecule has 3 rings (SSSR count). The Labute approximate surface area is 136 Å². The number of pyridine rings is 1. The van der Waals surface area contributed by atoms with Crippen LogP contribution in [0.15, 0.2) is 48.8 Å². The number of primary amides is 1. The van der Waals surface area contributed by atoms with Gasteiger partial charge in [-0.3, -0.25) is 9.78 Å². The van der Waals surface area contributed by atoms with Crippen molar-refractivity contribution in [1.82, 2.24) is 10.3 Å². The Morgan fingerprint density at radius 3 is 2.87 bits per heavy atom. The van der Waals surface area contributed by atoms with Crippen LogP contribution in [-0.4, -0.2) is 29.5 Å². The van der Waals surface area contributed by atoms with Crippen LogP contribution in [0.3, 0.4) is 0 Å².